The molecule has 21 heavy (non-hydrogen) atoms. The molecule has 1 aliphatic carbocycles. The van der Waals surface area contributed by atoms with Gasteiger partial charge in [0.1, 0.15) is 5.75 Å². The molecule has 1 aromatic carbocycles. The molecule has 0 aliphatic heterocycles. The van der Waals surface area contributed by atoms with E-state index in [2.05, 4.69) is 65.1 Å². The fraction of sp³-hybridized carbons (Fsp3) is 0.684. The fourth-order valence-corrected chi connectivity index (χ4v) is 2.31. The molecule has 0 spiro atoms. The number of hydrogen-bond donors (Lipinski definition) is 1. The van der Waals surface area contributed by atoms with Crippen molar-refractivity contribution in [2.45, 2.75) is 65.8 Å². The van der Waals surface area contributed by atoms with Crippen LogP contribution in [0.2, 0.25) is 0 Å². The Morgan fingerprint density at radius 1 is 1.14 bits per heavy atom. The Bertz CT molecular complexity index is 481. The molecule has 0 atom stereocenters. The van der Waals surface area contributed by atoms with Gasteiger partial charge in [0.05, 0.1) is 6.61 Å². The molecule has 1 saturated carbocycles. The molecule has 0 radical (unpaired) electrons. The molecule has 0 heterocycles. The largest absolute Gasteiger partial charge is 0.493 e. The van der Waals surface area contributed by atoms with Crippen molar-refractivity contribution < 1.29 is 4.74 Å². The van der Waals surface area contributed by atoms with E-state index < -0.39 is 0 Å². The fourth-order valence-electron chi connectivity index (χ4n) is 2.31. The summed E-state index contributed by atoms with van der Waals surface area (Å²) in [6, 6.07) is 7.33. The Balaban J connectivity index is 1.92. The minimum atomic E-state index is 0.164. The first kappa shape index (κ1) is 16.4. The van der Waals surface area contributed by atoms with Crippen molar-refractivity contribution in [3.8, 4) is 5.75 Å². The summed E-state index contributed by atoms with van der Waals surface area (Å²) < 4.78 is 6.08. The number of ether oxygens (including phenoxy) is 1. The van der Waals surface area contributed by atoms with Gasteiger partial charge in [-0.25, -0.2) is 0 Å². The van der Waals surface area contributed by atoms with E-state index in [1.807, 2.05) is 0 Å². The third-order valence-electron chi connectivity index (χ3n) is 4.11. The Hall–Kier alpha value is -1.02. The van der Waals surface area contributed by atoms with Gasteiger partial charge in [0.25, 0.3) is 0 Å². The highest BCUT2D eigenvalue weighted by molar-refractivity contribution is 5.38. The van der Waals surface area contributed by atoms with Gasteiger partial charge in [-0.05, 0) is 42.4 Å². The van der Waals surface area contributed by atoms with Crippen LogP contribution in [0.15, 0.2) is 18.2 Å². The predicted octanol–water partition coefficient (Wildman–Crippen LogP) is 4.45. The minimum Gasteiger partial charge on any atom is -0.493 e. The lowest BCUT2D eigenvalue weighted by molar-refractivity contribution is 0.175. The summed E-state index contributed by atoms with van der Waals surface area (Å²) >= 11 is 0. The van der Waals surface area contributed by atoms with Crippen molar-refractivity contribution in [2.75, 3.05) is 13.2 Å². The molecule has 0 amide bonds. The molecule has 2 heteroatoms. The van der Waals surface area contributed by atoms with Crippen LogP contribution >= 0.6 is 0 Å². The monoisotopic (exact) mass is 289 g/mol. The van der Waals surface area contributed by atoms with Crippen molar-refractivity contribution in [3.63, 3.8) is 0 Å². The molecular weight excluding hydrogens is 258 g/mol. The van der Waals surface area contributed by atoms with E-state index in [0.29, 0.717) is 0 Å². The Morgan fingerprint density at radius 2 is 1.81 bits per heavy atom. The number of nitrogens with one attached hydrogen (secondary N) is 1. The van der Waals surface area contributed by atoms with Gasteiger partial charge in [0, 0.05) is 18.0 Å². The average molecular weight is 289 g/mol. The second-order valence-corrected chi connectivity index (χ2v) is 8.34. The van der Waals surface area contributed by atoms with Crippen molar-refractivity contribution in [1.29, 1.82) is 0 Å². The summed E-state index contributed by atoms with van der Waals surface area (Å²) in [5, 5.41) is 3.60. The second kappa shape index (κ2) is 6.00. The summed E-state index contributed by atoms with van der Waals surface area (Å²) in [4.78, 5) is 0. The lowest BCUT2D eigenvalue weighted by atomic mass is 9.86. The molecule has 1 aromatic rings. The van der Waals surface area contributed by atoms with E-state index in [-0.39, 0.29) is 10.8 Å². The van der Waals surface area contributed by atoms with Gasteiger partial charge in [0.15, 0.2) is 0 Å². The van der Waals surface area contributed by atoms with Crippen molar-refractivity contribution >= 4 is 0 Å². The van der Waals surface area contributed by atoms with E-state index in [9.17, 15) is 0 Å². The Labute approximate surface area is 130 Å². The summed E-state index contributed by atoms with van der Waals surface area (Å²) in [5.41, 5.74) is 2.95. The zero-order valence-corrected chi connectivity index (χ0v) is 14.5. The molecule has 0 bridgehead atoms. The molecule has 0 saturated heterocycles. The van der Waals surface area contributed by atoms with Crippen LogP contribution in [0.25, 0.3) is 0 Å². The zero-order chi connectivity index (χ0) is 15.7. The van der Waals surface area contributed by atoms with Crippen molar-refractivity contribution in [1.82, 2.24) is 5.32 Å². The number of rotatable bonds is 6. The molecule has 1 aliphatic rings. The average Bonchev–Trinajstić information content (AvgIpc) is 3.18. The Morgan fingerprint density at radius 3 is 2.33 bits per heavy atom. The van der Waals surface area contributed by atoms with Gasteiger partial charge in [0.2, 0.25) is 0 Å². The third kappa shape index (κ3) is 5.03. The quantitative estimate of drug-likeness (QED) is 0.835. The summed E-state index contributed by atoms with van der Waals surface area (Å²) in [6.07, 6.45) is 2.68. The first-order valence-corrected chi connectivity index (χ1v) is 8.15. The topological polar surface area (TPSA) is 21.3 Å². The standard InChI is InChI=1S/C19H31NO/c1-14-11-15(18(2,3)4)7-10-17(14)21-13-19(5,6)12-20-16-8-9-16/h7,10-11,16,20H,8-9,12-13H2,1-6H3. The molecule has 118 valence electrons. The van der Waals surface area contributed by atoms with Gasteiger partial charge in [-0.1, -0.05) is 46.8 Å². The van der Waals surface area contributed by atoms with Crippen LogP contribution in [-0.4, -0.2) is 19.2 Å². The van der Waals surface area contributed by atoms with Crippen molar-refractivity contribution in [2.24, 2.45) is 5.41 Å². The maximum absolute atomic E-state index is 6.08. The summed E-state index contributed by atoms with van der Waals surface area (Å²) in [6.45, 7) is 15.2. The summed E-state index contributed by atoms with van der Waals surface area (Å²) in [7, 11) is 0. The van der Waals surface area contributed by atoms with E-state index in [1.165, 1.54) is 24.0 Å². The van der Waals surface area contributed by atoms with Crippen LogP contribution in [-0.2, 0) is 5.41 Å². The van der Waals surface area contributed by atoms with Crippen molar-refractivity contribution in [3.05, 3.63) is 29.3 Å². The Kier molecular flexibility index (Phi) is 4.67. The van der Waals surface area contributed by atoms with E-state index >= 15 is 0 Å². The third-order valence-corrected chi connectivity index (χ3v) is 4.11. The first-order valence-electron chi connectivity index (χ1n) is 8.15. The molecule has 2 nitrogen and oxygen atoms in total. The van der Waals surface area contributed by atoms with Gasteiger partial charge >= 0.3 is 0 Å². The predicted molar refractivity (Wildman–Crippen MR) is 90.2 cm³/mol. The number of aryl methyl sites for hydroxylation is 1. The van der Waals surface area contributed by atoms with Crippen LogP contribution in [0.1, 0.15) is 58.6 Å². The molecule has 0 aromatic heterocycles. The zero-order valence-electron chi connectivity index (χ0n) is 14.5. The molecule has 1 N–H and O–H groups in total. The van der Waals surface area contributed by atoms with Gasteiger partial charge in [-0.15, -0.1) is 0 Å². The lowest BCUT2D eigenvalue weighted by Gasteiger charge is -2.26. The van der Waals surface area contributed by atoms with Gasteiger partial charge in [-0.2, -0.15) is 0 Å². The lowest BCUT2D eigenvalue weighted by Crippen LogP contribution is -2.35. The van der Waals surface area contributed by atoms with E-state index in [0.717, 1.165) is 24.9 Å². The number of hydrogen-bond acceptors (Lipinski definition) is 2. The van der Waals surface area contributed by atoms with Crippen LogP contribution in [0.5, 0.6) is 5.75 Å². The van der Waals surface area contributed by atoms with E-state index in [1.54, 1.807) is 0 Å². The molecule has 1 fully saturated rings. The highest BCUT2D eigenvalue weighted by Crippen LogP contribution is 2.29. The first-order chi connectivity index (χ1) is 9.67. The van der Waals surface area contributed by atoms with Crippen LogP contribution in [0, 0.1) is 12.3 Å². The number of benzene rings is 1. The highest BCUT2D eigenvalue weighted by Gasteiger charge is 2.26. The van der Waals surface area contributed by atoms with Crippen LogP contribution in [0.4, 0.5) is 0 Å². The van der Waals surface area contributed by atoms with Crippen LogP contribution < -0.4 is 10.1 Å². The summed E-state index contributed by atoms with van der Waals surface area (Å²) in [5.74, 6) is 1.02. The minimum absolute atomic E-state index is 0.164. The molecule has 2 rings (SSSR count). The maximum atomic E-state index is 6.08. The molecular formula is C19H31NO. The van der Waals surface area contributed by atoms with Gasteiger partial charge in [-0.3, -0.25) is 0 Å². The SMILES string of the molecule is Cc1cc(C(C)(C)C)ccc1OCC(C)(C)CNC1CC1. The normalized spacial score (nSPS) is 16.1. The smallest absolute Gasteiger partial charge is 0.122 e. The van der Waals surface area contributed by atoms with Crippen LogP contribution in [0.3, 0.4) is 0 Å². The van der Waals surface area contributed by atoms with Gasteiger partial charge < -0.3 is 10.1 Å². The maximum Gasteiger partial charge on any atom is 0.122 e. The second-order valence-electron chi connectivity index (χ2n) is 8.34. The highest BCUT2D eigenvalue weighted by atomic mass is 16.5. The van der Waals surface area contributed by atoms with E-state index in [4.69, 9.17) is 4.74 Å². The molecule has 0 unspecified atom stereocenters.